The van der Waals surface area contributed by atoms with E-state index in [-0.39, 0.29) is 22.8 Å². The van der Waals surface area contributed by atoms with Crippen LogP contribution in [0, 0.1) is 11.7 Å². The molecular weight excluding hydrogens is 456 g/mol. The Morgan fingerprint density at radius 1 is 1.35 bits per heavy atom. The lowest BCUT2D eigenvalue weighted by molar-refractivity contribution is -0.137. The van der Waals surface area contributed by atoms with Crippen LogP contribution in [0.3, 0.4) is 0 Å². The van der Waals surface area contributed by atoms with Crippen LogP contribution in [0.4, 0.5) is 23.2 Å². The van der Waals surface area contributed by atoms with E-state index in [1.807, 2.05) is 0 Å². The summed E-state index contributed by atoms with van der Waals surface area (Å²) in [5.41, 5.74) is 4.41. The standard InChI is InChI=1S/C20H19ClF4N4OS/c21-14-6-11(20(23,24)25)8-27-16(14)17(30)28-12-3-4-15(22)13(7-12)19-5-1-2-10(19)9-31-18(26)29-19/h3-4,6-8,10,18,29H,1-2,5,9,26H2,(H,28,30)/t10-,18?,19-/m0/s1. The smallest absolute Gasteiger partial charge is 0.321 e. The van der Waals surface area contributed by atoms with Crippen molar-refractivity contribution in [2.75, 3.05) is 11.1 Å². The molecule has 0 bridgehead atoms. The van der Waals surface area contributed by atoms with Crippen molar-refractivity contribution in [2.24, 2.45) is 11.7 Å². The van der Waals surface area contributed by atoms with Gasteiger partial charge in [0.15, 0.2) is 0 Å². The Balaban J connectivity index is 1.62. The van der Waals surface area contributed by atoms with Gasteiger partial charge in [0.1, 0.15) is 17.0 Å². The second-order valence-corrected chi connectivity index (χ2v) is 9.24. The molecule has 2 heterocycles. The Labute approximate surface area is 185 Å². The van der Waals surface area contributed by atoms with Crippen LogP contribution in [-0.4, -0.2) is 22.1 Å². The summed E-state index contributed by atoms with van der Waals surface area (Å²) in [5, 5.41) is 5.46. The van der Waals surface area contributed by atoms with Crippen LogP contribution in [0.15, 0.2) is 30.5 Å². The highest BCUT2D eigenvalue weighted by atomic mass is 35.5. The fourth-order valence-electron chi connectivity index (χ4n) is 4.34. The van der Waals surface area contributed by atoms with E-state index >= 15 is 0 Å². The van der Waals surface area contributed by atoms with Crippen LogP contribution >= 0.6 is 23.4 Å². The SMILES string of the molecule is NC1N[C@@]2(c3cc(NC(=O)c4ncc(C(F)(F)F)cc4Cl)ccc3F)CCC[C@H]2CS1. The third kappa shape index (κ3) is 4.26. The van der Waals surface area contributed by atoms with Crippen molar-refractivity contribution in [1.82, 2.24) is 10.3 Å². The Bertz CT molecular complexity index is 1020. The third-order valence-corrected chi connectivity index (χ3v) is 7.15. The summed E-state index contributed by atoms with van der Waals surface area (Å²) in [7, 11) is 0. The number of carbonyl (C=O) groups excluding carboxylic acids is 1. The topological polar surface area (TPSA) is 80.0 Å². The second-order valence-electron chi connectivity index (χ2n) is 7.66. The molecule has 31 heavy (non-hydrogen) atoms. The summed E-state index contributed by atoms with van der Waals surface area (Å²) >= 11 is 7.43. The van der Waals surface area contributed by atoms with Crippen molar-refractivity contribution in [1.29, 1.82) is 0 Å². The van der Waals surface area contributed by atoms with Gasteiger partial charge in [-0.1, -0.05) is 18.0 Å². The first kappa shape index (κ1) is 22.3. The van der Waals surface area contributed by atoms with Crippen molar-refractivity contribution < 1.29 is 22.4 Å². The van der Waals surface area contributed by atoms with Crippen LogP contribution in [0.5, 0.6) is 0 Å². The van der Waals surface area contributed by atoms with Gasteiger partial charge in [-0.3, -0.25) is 10.1 Å². The predicted molar refractivity (Wildman–Crippen MR) is 111 cm³/mol. The van der Waals surface area contributed by atoms with Crippen LogP contribution in [-0.2, 0) is 11.7 Å². The maximum atomic E-state index is 14.9. The Hall–Kier alpha value is -1.88. The molecule has 11 heteroatoms. The van der Waals surface area contributed by atoms with Crippen molar-refractivity contribution in [2.45, 2.75) is 36.5 Å². The van der Waals surface area contributed by atoms with Crippen LogP contribution in [0.1, 0.15) is 40.9 Å². The lowest BCUT2D eigenvalue weighted by Crippen LogP contribution is -2.57. The number of anilines is 1. The number of amides is 1. The zero-order valence-electron chi connectivity index (χ0n) is 16.1. The van der Waals surface area contributed by atoms with Gasteiger partial charge in [0, 0.05) is 23.2 Å². The monoisotopic (exact) mass is 474 g/mol. The van der Waals surface area contributed by atoms with E-state index in [2.05, 4.69) is 15.6 Å². The summed E-state index contributed by atoms with van der Waals surface area (Å²) < 4.78 is 53.2. The first-order valence-electron chi connectivity index (χ1n) is 9.59. The molecule has 2 fully saturated rings. The molecule has 0 spiro atoms. The normalized spacial score (nSPS) is 25.9. The molecule has 4 N–H and O–H groups in total. The number of hydrogen-bond acceptors (Lipinski definition) is 5. The highest BCUT2D eigenvalue weighted by Crippen LogP contribution is 2.49. The number of nitrogens with two attached hydrogens (primary N) is 1. The Kier molecular flexibility index (Phi) is 5.93. The van der Waals surface area contributed by atoms with Gasteiger partial charge in [-0.05, 0) is 43.0 Å². The van der Waals surface area contributed by atoms with Gasteiger partial charge in [-0.15, -0.1) is 11.8 Å². The third-order valence-electron chi connectivity index (χ3n) is 5.79. The van der Waals surface area contributed by atoms with E-state index in [1.165, 1.54) is 12.1 Å². The predicted octanol–water partition coefficient (Wildman–Crippen LogP) is 4.72. The lowest BCUT2D eigenvalue weighted by atomic mass is 9.80. The van der Waals surface area contributed by atoms with E-state index in [0.717, 1.165) is 18.6 Å². The first-order chi connectivity index (χ1) is 14.6. The van der Waals surface area contributed by atoms with Crippen molar-refractivity contribution in [3.05, 3.63) is 58.1 Å². The Morgan fingerprint density at radius 3 is 2.84 bits per heavy atom. The van der Waals surface area contributed by atoms with E-state index in [0.29, 0.717) is 24.2 Å². The number of thioether (sulfide) groups is 1. The van der Waals surface area contributed by atoms with Crippen molar-refractivity contribution in [3.8, 4) is 0 Å². The van der Waals surface area contributed by atoms with E-state index in [4.69, 9.17) is 17.3 Å². The molecule has 1 aromatic carbocycles. The van der Waals surface area contributed by atoms with E-state index in [9.17, 15) is 22.4 Å². The van der Waals surface area contributed by atoms with Crippen LogP contribution in [0.25, 0.3) is 0 Å². The maximum Gasteiger partial charge on any atom is 0.417 e. The number of alkyl halides is 3. The molecule has 1 amide bonds. The molecule has 3 atom stereocenters. The maximum absolute atomic E-state index is 14.9. The van der Waals surface area contributed by atoms with Gasteiger partial charge in [0.2, 0.25) is 0 Å². The molecular formula is C20H19ClF4N4OS. The summed E-state index contributed by atoms with van der Waals surface area (Å²) in [6.07, 6.45) is -1.50. The number of halogens is 5. The number of nitrogens with one attached hydrogen (secondary N) is 2. The van der Waals surface area contributed by atoms with Gasteiger partial charge < -0.3 is 11.1 Å². The van der Waals surface area contributed by atoms with Crippen LogP contribution in [0.2, 0.25) is 5.02 Å². The number of carbonyl (C=O) groups is 1. The van der Waals surface area contributed by atoms with E-state index in [1.54, 1.807) is 17.8 Å². The van der Waals surface area contributed by atoms with Gasteiger partial charge >= 0.3 is 6.18 Å². The fraction of sp³-hybridized carbons (Fsp3) is 0.400. The summed E-state index contributed by atoms with van der Waals surface area (Å²) in [6.45, 7) is 0. The molecule has 5 nitrogen and oxygen atoms in total. The number of rotatable bonds is 3. The number of hydrogen-bond donors (Lipinski definition) is 3. The molecule has 1 aromatic heterocycles. The number of benzene rings is 1. The largest absolute Gasteiger partial charge is 0.417 e. The quantitative estimate of drug-likeness (QED) is 0.561. The first-order valence-corrected chi connectivity index (χ1v) is 11.0. The second kappa shape index (κ2) is 8.23. The van der Waals surface area contributed by atoms with Gasteiger partial charge in [-0.2, -0.15) is 13.2 Å². The molecule has 2 aromatic rings. The zero-order valence-corrected chi connectivity index (χ0v) is 17.7. The number of fused-ring (bicyclic) bond motifs is 1. The number of aromatic nitrogens is 1. The molecule has 166 valence electrons. The van der Waals surface area contributed by atoms with Gasteiger partial charge in [0.25, 0.3) is 5.91 Å². The molecule has 1 aliphatic heterocycles. The van der Waals surface area contributed by atoms with Crippen molar-refractivity contribution >= 4 is 35.0 Å². The van der Waals surface area contributed by atoms with E-state index < -0.39 is 34.0 Å². The minimum Gasteiger partial charge on any atom is -0.321 e. The molecule has 1 saturated heterocycles. The Morgan fingerprint density at radius 2 is 2.13 bits per heavy atom. The van der Waals surface area contributed by atoms with Gasteiger partial charge in [0.05, 0.1) is 16.1 Å². The summed E-state index contributed by atoms with van der Waals surface area (Å²) in [6, 6.07) is 4.82. The number of nitrogens with zero attached hydrogens (tertiary/aromatic N) is 1. The molecule has 1 unspecified atom stereocenters. The number of pyridine rings is 1. The minimum atomic E-state index is -4.62. The molecule has 1 aliphatic carbocycles. The summed E-state index contributed by atoms with van der Waals surface area (Å²) in [4.78, 5) is 16.1. The highest BCUT2D eigenvalue weighted by Gasteiger charge is 2.49. The molecule has 4 rings (SSSR count). The fourth-order valence-corrected chi connectivity index (χ4v) is 5.77. The molecule has 0 radical (unpaired) electrons. The minimum absolute atomic E-state index is 0.198. The van der Waals surface area contributed by atoms with Crippen molar-refractivity contribution in [3.63, 3.8) is 0 Å². The van der Waals surface area contributed by atoms with Crippen LogP contribution < -0.4 is 16.4 Å². The average Bonchev–Trinajstić information content (AvgIpc) is 3.12. The average molecular weight is 475 g/mol. The highest BCUT2D eigenvalue weighted by molar-refractivity contribution is 7.99. The molecule has 2 aliphatic rings. The van der Waals surface area contributed by atoms with Gasteiger partial charge in [-0.25, -0.2) is 9.37 Å². The zero-order chi connectivity index (χ0) is 22.4. The summed E-state index contributed by atoms with van der Waals surface area (Å²) in [5.74, 6) is -0.207. The lowest BCUT2D eigenvalue weighted by Gasteiger charge is -2.43. The molecule has 1 saturated carbocycles.